The van der Waals surface area contributed by atoms with Crippen molar-refractivity contribution in [3.05, 3.63) is 6.33 Å². The fourth-order valence-electron chi connectivity index (χ4n) is 2.05. The fraction of sp³-hybridized carbons (Fsp3) is 0.455. The minimum atomic E-state index is -0.192. The van der Waals surface area contributed by atoms with Gasteiger partial charge in [-0.15, -0.1) is 11.3 Å². The lowest BCUT2D eigenvalue weighted by Crippen LogP contribution is -2.31. The van der Waals surface area contributed by atoms with E-state index in [-0.39, 0.29) is 11.9 Å². The molecule has 1 N–H and O–H groups in total. The molecule has 0 saturated carbocycles. The summed E-state index contributed by atoms with van der Waals surface area (Å²) in [6.45, 7) is 0.781. The van der Waals surface area contributed by atoms with Crippen molar-refractivity contribution in [3.8, 4) is 0 Å². The zero-order valence-corrected chi connectivity index (χ0v) is 12.2. The number of hydrogen-bond donors (Lipinski definition) is 1. The van der Waals surface area contributed by atoms with Crippen LogP contribution in [0.1, 0.15) is 6.42 Å². The van der Waals surface area contributed by atoms with Crippen molar-refractivity contribution in [2.45, 2.75) is 16.8 Å². The fourth-order valence-corrected chi connectivity index (χ4v) is 3.51. The molecule has 0 radical (unpaired) electrons. The van der Waals surface area contributed by atoms with Gasteiger partial charge in [0, 0.05) is 13.6 Å². The van der Waals surface area contributed by atoms with Gasteiger partial charge in [0.05, 0.1) is 0 Å². The number of thioether (sulfide) groups is 1. The molecule has 3 heterocycles. The molecule has 0 spiro atoms. The Hall–Kier alpha value is -1.41. The zero-order valence-electron chi connectivity index (χ0n) is 10.6. The predicted octanol–water partition coefficient (Wildman–Crippen LogP) is 1.45. The topological polar surface area (TPSA) is 71.0 Å². The summed E-state index contributed by atoms with van der Waals surface area (Å²) in [5, 5.41) is 3.22. The Labute approximate surface area is 118 Å². The van der Waals surface area contributed by atoms with Gasteiger partial charge in [0.2, 0.25) is 5.91 Å². The number of likely N-dealkylation sites (tertiary alicyclic amines) is 1. The largest absolute Gasteiger partial charge is 0.357 e. The summed E-state index contributed by atoms with van der Waals surface area (Å²) in [4.78, 5) is 26.4. The van der Waals surface area contributed by atoms with Gasteiger partial charge in [-0.3, -0.25) is 4.79 Å². The monoisotopic (exact) mass is 295 g/mol. The molecule has 19 heavy (non-hydrogen) atoms. The van der Waals surface area contributed by atoms with Gasteiger partial charge in [-0.1, -0.05) is 11.8 Å². The van der Waals surface area contributed by atoms with E-state index >= 15 is 0 Å². The minimum absolute atomic E-state index is 0.112. The number of rotatable bonds is 3. The normalized spacial score (nSPS) is 19.4. The van der Waals surface area contributed by atoms with Crippen molar-refractivity contribution >= 4 is 45.2 Å². The molecule has 0 aliphatic carbocycles. The number of fused-ring (bicyclic) bond motifs is 1. The number of thiazole rings is 1. The van der Waals surface area contributed by atoms with E-state index < -0.39 is 0 Å². The summed E-state index contributed by atoms with van der Waals surface area (Å²) >= 11 is 3.13. The van der Waals surface area contributed by atoms with Crippen LogP contribution in [0.15, 0.2) is 10.7 Å². The summed E-state index contributed by atoms with van der Waals surface area (Å²) in [5.41, 5.74) is 0.686. The van der Waals surface area contributed by atoms with Gasteiger partial charge in [-0.25, -0.2) is 15.0 Å². The smallest absolute Gasteiger partial charge is 0.244 e. The summed E-state index contributed by atoms with van der Waals surface area (Å²) < 4.78 is 1.86. The first-order chi connectivity index (χ1) is 9.19. The highest BCUT2D eigenvalue weighted by Gasteiger charge is 2.29. The molecule has 0 bridgehead atoms. The average molecular weight is 295 g/mol. The van der Waals surface area contributed by atoms with E-state index in [9.17, 15) is 4.79 Å². The molecule has 1 aliphatic heterocycles. The Morgan fingerprint density at radius 2 is 2.37 bits per heavy atom. The summed E-state index contributed by atoms with van der Waals surface area (Å²) in [6.07, 6.45) is 4.26. The number of anilines is 1. The van der Waals surface area contributed by atoms with E-state index in [1.165, 1.54) is 6.33 Å². The van der Waals surface area contributed by atoms with E-state index in [1.807, 2.05) is 13.3 Å². The SMILES string of the molecule is CSc1nc2ncnc(NC3CCN(C)C3=O)c2s1. The Bertz CT molecular complexity index is 629. The highest BCUT2D eigenvalue weighted by molar-refractivity contribution is 8.00. The minimum Gasteiger partial charge on any atom is -0.357 e. The van der Waals surface area contributed by atoms with Gasteiger partial charge in [0.1, 0.15) is 22.9 Å². The number of amides is 1. The maximum absolute atomic E-state index is 11.9. The Kier molecular flexibility index (Phi) is 3.28. The second-order valence-electron chi connectivity index (χ2n) is 4.30. The van der Waals surface area contributed by atoms with E-state index in [1.54, 1.807) is 28.0 Å². The molecule has 1 aliphatic rings. The Balaban J connectivity index is 1.92. The first kappa shape index (κ1) is 12.6. The van der Waals surface area contributed by atoms with Crippen LogP contribution in [0, 0.1) is 0 Å². The van der Waals surface area contributed by atoms with Crippen LogP contribution in [0.25, 0.3) is 10.3 Å². The van der Waals surface area contributed by atoms with Crippen LogP contribution in [-0.4, -0.2) is 51.6 Å². The van der Waals surface area contributed by atoms with Crippen molar-refractivity contribution < 1.29 is 4.79 Å². The van der Waals surface area contributed by atoms with Crippen LogP contribution < -0.4 is 5.32 Å². The lowest BCUT2D eigenvalue weighted by atomic mass is 10.2. The molecular formula is C11H13N5OS2. The lowest BCUT2D eigenvalue weighted by Gasteiger charge is -2.12. The second-order valence-corrected chi connectivity index (χ2v) is 6.36. The molecule has 0 aromatic carbocycles. The molecule has 8 heteroatoms. The number of carbonyl (C=O) groups is 1. The molecular weight excluding hydrogens is 282 g/mol. The van der Waals surface area contributed by atoms with Gasteiger partial charge >= 0.3 is 0 Å². The molecule has 1 unspecified atom stereocenters. The predicted molar refractivity (Wildman–Crippen MR) is 76.7 cm³/mol. The molecule has 1 amide bonds. The number of likely N-dealkylation sites (N-methyl/N-ethyl adjacent to an activating group) is 1. The quantitative estimate of drug-likeness (QED) is 0.864. The standard InChI is InChI=1S/C11H13N5OS2/c1-16-4-3-6(10(16)17)14-8-7-9(13-5-12-8)15-11(18-2)19-7/h5-6H,3-4H2,1-2H3,(H,12,13,14). The molecule has 100 valence electrons. The molecule has 2 aromatic heterocycles. The van der Waals surface area contributed by atoms with Crippen molar-refractivity contribution in [2.75, 3.05) is 25.2 Å². The van der Waals surface area contributed by atoms with Crippen molar-refractivity contribution in [1.29, 1.82) is 0 Å². The summed E-state index contributed by atoms with van der Waals surface area (Å²) in [7, 11) is 1.82. The molecule has 1 saturated heterocycles. The van der Waals surface area contributed by atoms with E-state index in [4.69, 9.17) is 0 Å². The third-order valence-electron chi connectivity index (χ3n) is 3.08. The van der Waals surface area contributed by atoms with Gasteiger partial charge in [0.15, 0.2) is 9.99 Å². The van der Waals surface area contributed by atoms with Crippen LogP contribution >= 0.6 is 23.1 Å². The number of hydrogen-bond acceptors (Lipinski definition) is 7. The van der Waals surface area contributed by atoms with Crippen LogP contribution in [0.2, 0.25) is 0 Å². The molecule has 1 atom stereocenters. The summed E-state index contributed by atoms with van der Waals surface area (Å²) in [5.74, 6) is 0.817. The highest BCUT2D eigenvalue weighted by atomic mass is 32.2. The molecule has 6 nitrogen and oxygen atoms in total. The number of carbonyl (C=O) groups excluding carboxylic acids is 1. The van der Waals surface area contributed by atoms with Gasteiger partial charge < -0.3 is 10.2 Å². The van der Waals surface area contributed by atoms with Gasteiger partial charge in [-0.2, -0.15) is 0 Å². The van der Waals surface area contributed by atoms with E-state index in [2.05, 4.69) is 20.3 Å². The number of nitrogens with one attached hydrogen (secondary N) is 1. The Morgan fingerprint density at radius 3 is 3.05 bits per heavy atom. The average Bonchev–Trinajstić information content (AvgIpc) is 2.97. The van der Waals surface area contributed by atoms with E-state index in [0.29, 0.717) is 11.5 Å². The summed E-state index contributed by atoms with van der Waals surface area (Å²) in [6, 6.07) is -0.192. The van der Waals surface area contributed by atoms with E-state index in [0.717, 1.165) is 22.0 Å². The maximum Gasteiger partial charge on any atom is 0.244 e. The van der Waals surface area contributed by atoms with Crippen molar-refractivity contribution in [2.24, 2.45) is 0 Å². The Morgan fingerprint density at radius 1 is 1.53 bits per heavy atom. The lowest BCUT2D eigenvalue weighted by molar-refractivity contribution is -0.127. The maximum atomic E-state index is 11.9. The van der Waals surface area contributed by atoms with Crippen LogP contribution in [0.5, 0.6) is 0 Å². The second kappa shape index (κ2) is 4.93. The van der Waals surface area contributed by atoms with Crippen molar-refractivity contribution in [3.63, 3.8) is 0 Å². The zero-order chi connectivity index (χ0) is 13.4. The molecule has 1 fully saturated rings. The molecule has 2 aromatic rings. The third kappa shape index (κ3) is 2.25. The first-order valence-electron chi connectivity index (χ1n) is 5.86. The van der Waals surface area contributed by atoms with Crippen LogP contribution in [0.4, 0.5) is 5.82 Å². The first-order valence-corrected chi connectivity index (χ1v) is 7.90. The van der Waals surface area contributed by atoms with Crippen LogP contribution in [0.3, 0.4) is 0 Å². The third-order valence-corrected chi connectivity index (χ3v) is 5.12. The van der Waals surface area contributed by atoms with Crippen molar-refractivity contribution in [1.82, 2.24) is 19.9 Å². The number of nitrogens with zero attached hydrogens (tertiary/aromatic N) is 4. The molecule has 3 rings (SSSR count). The highest BCUT2D eigenvalue weighted by Crippen LogP contribution is 2.31. The van der Waals surface area contributed by atoms with Crippen LogP contribution in [-0.2, 0) is 4.79 Å². The number of aromatic nitrogens is 3. The van der Waals surface area contributed by atoms with Gasteiger partial charge in [0.25, 0.3) is 0 Å². The van der Waals surface area contributed by atoms with Gasteiger partial charge in [-0.05, 0) is 12.7 Å².